The molecule has 0 radical (unpaired) electrons. The Morgan fingerprint density at radius 1 is 1.36 bits per heavy atom. The summed E-state index contributed by atoms with van der Waals surface area (Å²) in [4.78, 5) is 28.3. The molecule has 1 fully saturated rings. The van der Waals surface area contributed by atoms with Crippen LogP contribution in [0.15, 0.2) is 23.2 Å². The predicted octanol–water partition coefficient (Wildman–Crippen LogP) is 0.952. The summed E-state index contributed by atoms with van der Waals surface area (Å²) in [6.07, 6.45) is 0.642. The summed E-state index contributed by atoms with van der Waals surface area (Å²) in [5.41, 5.74) is 1.87. The summed E-state index contributed by atoms with van der Waals surface area (Å²) in [6, 6.07) is 5.66. The van der Waals surface area contributed by atoms with Crippen LogP contribution in [-0.2, 0) is 20.9 Å². The molecule has 0 bridgehead atoms. The fourth-order valence-electron chi connectivity index (χ4n) is 2.39. The molecular formula is C15H17N3O4. The molecule has 0 spiro atoms. The third-order valence-corrected chi connectivity index (χ3v) is 3.39. The Labute approximate surface area is 127 Å². The van der Waals surface area contributed by atoms with Gasteiger partial charge in [0.2, 0.25) is 11.9 Å². The average Bonchev–Trinajstić information content (AvgIpc) is 2.83. The molecule has 0 aromatic heterocycles. The normalized spacial score (nSPS) is 15.6. The van der Waals surface area contributed by atoms with Crippen LogP contribution in [0.5, 0.6) is 5.75 Å². The van der Waals surface area contributed by atoms with Crippen LogP contribution in [-0.4, -0.2) is 42.5 Å². The van der Waals surface area contributed by atoms with Crippen LogP contribution in [0, 0.1) is 0 Å². The van der Waals surface area contributed by atoms with E-state index in [1.165, 1.54) is 6.92 Å². The lowest BCUT2D eigenvalue weighted by Crippen LogP contribution is -2.31. The third-order valence-electron chi connectivity index (χ3n) is 3.39. The van der Waals surface area contributed by atoms with Crippen LogP contribution >= 0.6 is 0 Å². The Morgan fingerprint density at radius 3 is 3.05 bits per heavy atom. The first kappa shape index (κ1) is 14.4. The summed E-state index contributed by atoms with van der Waals surface area (Å²) in [7, 11) is 0. The Bertz CT molecular complexity index is 642. The van der Waals surface area contributed by atoms with Gasteiger partial charge < -0.3 is 14.4 Å². The average molecular weight is 303 g/mol. The van der Waals surface area contributed by atoms with E-state index in [1.807, 2.05) is 23.1 Å². The first-order valence-corrected chi connectivity index (χ1v) is 7.14. The van der Waals surface area contributed by atoms with E-state index in [2.05, 4.69) is 10.3 Å². The van der Waals surface area contributed by atoms with Gasteiger partial charge in [0.15, 0.2) is 0 Å². The van der Waals surface area contributed by atoms with Crippen molar-refractivity contribution in [3.8, 4) is 5.75 Å². The molecule has 116 valence electrons. The number of aliphatic imine (C=N–C) groups is 1. The Balaban J connectivity index is 1.58. The number of rotatable bonds is 5. The SMILES string of the molecule is CC(=O)OCCCOc1ccc2c(c1)CN1CC(=O)NC1=N2. The van der Waals surface area contributed by atoms with Crippen molar-refractivity contribution in [1.82, 2.24) is 10.2 Å². The maximum Gasteiger partial charge on any atom is 0.302 e. The number of fused-ring (bicyclic) bond motifs is 2. The fraction of sp³-hybridized carbons (Fsp3) is 0.400. The summed E-state index contributed by atoms with van der Waals surface area (Å²) in [5.74, 6) is 1.05. The van der Waals surface area contributed by atoms with Crippen molar-refractivity contribution in [1.29, 1.82) is 0 Å². The van der Waals surface area contributed by atoms with E-state index in [1.54, 1.807) is 0 Å². The number of hydrogen-bond donors (Lipinski definition) is 1. The zero-order chi connectivity index (χ0) is 15.5. The minimum Gasteiger partial charge on any atom is -0.493 e. The lowest BCUT2D eigenvalue weighted by Gasteiger charge is -2.23. The standard InChI is InChI=1S/C15H17N3O4/c1-10(19)21-5-2-6-22-12-3-4-13-11(7-12)8-18-9-14(20)17-15(18)16-13/h3-4,7H,2,5-6,8-9H2,1H3,(H,16,17,20). The molecule has 0 atom stereocenters. The van der Waals surface area contributed by atoms with E-state index in [0.29, 0.717) is 38.7 Å². The molecule has 1 N–H and O–H groups in total. The van der Waals surface area contributed by atoms with E-state index < -0.39 is 0 Å². The second-order valence-electron chi connectivity index (χ2n) is 5.17. The van der Waals surface area contributed by atoms with Crippen molar-refractivity contribution < 1.29 is 19.1 Å². The first-order valence-electron chi connectivity index (χ1n) is 7.14. The number of benzene rings is 1. The monoisotopic (exact) mass is 303 g/mol. The number of guanidine groups is 1. The highest BCUT2D eigenvalue weighted by Crippen LogP contribution is 2.30. The number of nitrogens with one attached hydrogen (secondary N) is 1. The summed E-state index contributed by atoms with van der Waals surface area (Å²) in [6.45, 7) is 3.19. The van der Waals surface area contributed by atoms with Crippen molar-refractivity contribution >= 4 is 23.5 Å². The number of carbonyl (C=O) groups is 2. The molecule has 1 aromatic carbocycles. The van der Waals surface area contributed by atoms with Crippen LogP contribution in [0.2, 0.25) is 0 Å². The van der Waals surface area contributed by atoms with Crippen LogP contribution < -0.4 is 10.1 Å². The molecule has 0 saturated carbocycles. The maximum atomic E-state index is 11.4. The quantitative estimate of drug-likeness (QED) is 0.647. The number of amides is 1. The largest absolute Gasteiger partial charge is 0.493 e. The second kappa shape index (κ2) is 6.05. The minimum absolute atomic E-state index is 0.0338. The Kier molecular flexibility index (Phi) is 3.95. The van der Waals surface area contributed by atoms with Gasteiger partial charge in [-0.1, -0.05) is 0 Å². The summed E-state index contributed by atoms with van der Waals surface area (Å²) in [5, 5.41) is 2.73. The number of carbonyl (C=O) groups excluding carboxylic acids is 2. The third kappa shape index (κ3) is 3.19. The minimum atomic E-state index is -0.281. The van der Waals surface area contributed by atoms with Crippen molar-refractivity contribution in [2.75, 3.05) is 19.8 Å². The highest BCUT2D eigenvalue weighted by molar-refractivity contribution is 6.05. The molecule has 7 nitrogen and oxygen atoms in total. The van der Waals surface area contributed by atoms with Gasteiger partial charge in [0.05, 0.1) is 18.9 Å². The predicted molar refractivity (Wildman–Crippen MR) is 78.8 cm³/mol. The van der Waals surface area contributed by atoms with Crippen LogP contribution in [0.25, 0.3) is 0 Å². The second-order valence-corrected chi connectivity index (χ2v) is 5.17. The number of esters is 1. The van der Waals surface area contributed by atoms with Crippen molar-refractivity contribution in [2.24, 2.45) is 4.99 Å². The maximum absolute atomic E-state index is 11.4. The van der Waals surface area contributed by atoms with Crippen LogP contribution in [0.4, 0.5) is 5.69 Å². The smallest absolute Gasteiger partial charge is 0.302 e. The van der Waals surface area contributed by atoms with E-state index in [4.69, 9.17) is 9.47 Å². The number of ether oxygens (including phenoxy) is 2. The number of nitrogens with zero attached hydrogens (tertiary/aromatic N) is 2. The first-order chi connectivity index (χ1) is 10.6. The summed E-state index contributed by atoms with van der Waals surface area (Å²) >= 11 is 0. The van der Waals surface area contributed by atoms with Gasteiger partial charge in [0.25, 0.3) is 0 Å². The van der Waals surface area contributed by atoms with Crippen molar-refractivity contribution in [2.45, 2.75) is 19.9 Å². The van der Waals surface area contributed by atoms with Gasteiger partial charge in [0.1, 0.15) is 12.3 Å². The molecule has 22 heavy (non-hydrogen) atoms. The summed E-state index contributed by atoms with van der Waals surface area (Å²) < 4.78 is 10.5. The van der Waals surface area contributed by atoms with Crippen LogP contribution in [0.1, 0.15) is 18.9 Å². The Morgan fingerprint density at radius 2 is 2.23 bits per heavy atom. The van der Waals surface area contributed by atoms with Gasteiger partial charge in [-0.3, -0.25) is 14.9 Å². The topological polar surface area (TPSA) is 80.2 Å². The van der Waals surface area contributed by atoms with Gasteiger partial charge in [0, 0.05) is 25.5 Å². The van der Waals surface area contributed by atoms with Gasteiger partial charge in [-0.15, -0.1) is 0 Å². The van der Waals surface area contributed by atoms with E-state index in [9.17, 15) is 9.59 Å². The van der Waals surface area contributed by atoms with Crippen molar-refractivity contribution in [3.63, 3.8) is 0 Å². The Hall–Kier alpha value is -2.57. The lowest BCUT2D eigenvalue weighted by atomic mass is 10.1. The van der Waals surface area contributed by atoms with E-state index in [-0.39, 0.29) is 11.9 Å². The van der Waals surface area contributed by atoms with Gasteiger partial charge >= 0.3 is 5.97 Å². The van der Waals surface area contributed by atoms with Crippen molar-refractivity contribution in [3.05, 3.63) is 23.8 Å². The molecule has 1 aromatic rings. The molecular weight excluding hydrogens is 286 g/mol. The molecule has 1 amide bonds. The van der Waals surface area contributed by atoms with Gasteiger partial charge in [-0.05, 0) is 18.2 Å². The van der Waals surface area contributed by atoms with E-state index in [0.717, 1.165) is 17.0 Å². The molecule has 7 heteroatoms. The van der Waals surface area contributed by atoms with E-state index >= 15 is 0 Å². The van der Waals surface area contributed by atoms with Crippen LogP contribution in [0.3, 0.4) is 0 Å². The highest BCUT2D eigenvalue weighted by atomic mass is 16.5. The fourth-order valence-corrected chi connectivity index (χ4v) is 2.39. The zero-order valence-electron chi connectivity index (χ0n) is 12.3. The zero-order valence-corrected chi connectivity index (χ0v) is 12.3. The molecule has 2 heterocycles. The lowest BCUT2D eigenvalue weighted by molar-refractivity contribution is -0.141. The molecule has 2 aliphatic heterocycles. The molecule has 2 aliphatic rings. The molecule has 0 unspecified atom stereocenters. The van der Waals surface area contributed by atoms with Gasteiger partial charge in [-0.25, -0.2) is 4.99 Å². The molecule has 0 aliphatic carbocycles. The van der Waals surface area contributed by atoms with Gasteiger partial charge in [-0.2, -0.15) is 0 Å². The molecule has 3 rings (SSSR count). The number of hydrogen-bond acceptors (Lipinski definition) is 6. The molecule has 1 saturated heterocycles. The highest BCUT2D eigenvalue weighted by Gasteiger charge is 2.29.